The van der Waals surface area contributed by atoms with Crippen molar-refractivity contribution in [3.05, 3.63) is 46.9 Å². The fraction of sp³-hybridized carbons (Fsp3) is 0.267. The highest BCUT2D eigenvalue weighted by Crippen LogP contribution is 2.10. The standard InChI is InChI=1S/C15H15FN4O/c1-20(2)15(13(9-17)10-18)7-8-19-21-11-12-5-3-4-6-14(12)16/h3-6,8H,7,11H2,1-2H3. The zero-order valence-corrected chi connectivity index (χ0v) is 11.9. The average molecular weight is 286 g/mol. The Morgan fingerprint density at radius 2 is 2.00 bits per heavy atom. The molecule has 21 heavy (non-hydrogen) atoms. The average Bonchev–Trinajstić information content (AvgIpc) is 2.47. The number of benzene rings is 1. The van der Waals surface area contributed by atoms with E-state index in [-0.39, 0.29) is 24.4 Å². The van der Waals surface area contributed by atoms with E-state index in [0.29, 0.717) is 11.3 Å². The van der Waals surface area contributed by atoms with Gasteiger partial charge in [0.2, 0.25) is 0 Å². The third-order valence-electron chi connectivity index (χ3n) is 2.66. The van der Waals surface area contributed by atoms with E-state index in [1.165, 1.54) is 12.3 Å². The molecule has 6 heteroatoms. The Morgan fingerprint density at radius 1 is 1.33 bits per heavy atom. The van der Waals surface area contributed by atoms with E-state index in [4.69, 9.17) is 15.4 Å². The van der Waals surface area contributed by atoms with Crippen LogP contribution in [0.4, 0.5) is 4.39 Å². The van der Waals surface area contributed by atoms with Gasteiger partial charge in [-0.05, 0) is 6.07 Å². The topological polar surface area (TPSA) is 72.4 Å². The number of halogens is 1. The van der Waals surface area contributed by atoms with Crippen LogP contribution in [-0.2, 0) is 11.4 Å². The number of hydrogen-bond donors (Lipinski definition) is 0. The molecule has 1 aromatic rings. The summed E-state index contributed by atoms with van der Waals surface area (Å²) >= 11 is 0. The maximum Gasteiger partial charge on any atom is 0.149 e. The molecule has 1 aromatic carbocycles. The zero-order valence-electron chi connectivity index (χ0n) is 11.9. The largest absolute Gasteiger partial charge is 0.391 e. The van der Waals surface area contributed by atoms with Crippen LogP contribution >= 0.6 is 0 Å². The second-order valence-corrected chi connectivity index (χ2v) is 4.30. The molecule has 0 N–H and O–H groups in total. The molecular weight excluding hydrogens is 271 g/mol. The third kappa shape index (κ3) is 4.96. The van der Waals surface area contributed by atoms with Gasteiger partial charge in [0.1, 0.15) is 30.1 Å². The summed E-state index contributed by atoms with van der Waals surface area (Å²) in [6.07, 6.45) is 1.71. The molecule has 5 nitrogen and oxygen atoms in total. The Balaban J connectivity index is 2.59. The Kier molecular flexibility index (Phi) is 6.43. The van der Waals surface area contributed by atoms with Gasteiger partial charge in [-0.25, -0.2) is 4.39 Å². The van der Waals surface area contributed by atoms with Crippen LogP contribution < -0.4 is 0 Å². The molecule has 0 radical (unpaired) electrons. The molecule has 0 aliphatic rings. The van der Waals surface area contributed by atoms with Gasteiger partial charge in [0.05, 0.1) is 0 Å². The van der Waals surface area contributed by atoms with E-state index in [2.05, 4.69) is 5.16 Å². The molecule has 108 valence electrons. The van der Waals surface area contributed by atoms with Crippen LogP contribution in [0.3, 0.4) is 0 Å². The Bertz CT molecular complexity index is 607. The normalized spacial score (nSPS) is 9.76. The first kappa shape index (κ1) is 16.2. The molecule has 0 bridgehead atoms. The summed E-state index contributed by atoms with van der Waals surface area (Å²) in [6.45, 7) is 0.0214. The molecule has 0 unspecified atom stereocenters. The summed E-state index contributed by atoms with van der Waals surface area (Å²) in [5, 5.41) is 21.4. The minimum atomic E-state index is -0.349. The summed E-state index contributed by atoms with van der Waals surface area (Å²) in [7, 11) is 3.47. The van der Waals surface area contributed by atoms with Crippen molar-refractivity contribution in [3.8, 4) is 12.1 Å². The minimum Gasteiger partial charge on any atom is -0.391 e. The van der Waals surface area contributed by atoms with E-state index in [1.54, 1.807) is 37.2 Å². The molecule has 0 atom stereocenters. The molecular formula is C15H15FN4O. The third-order valence-corrected chi connectivity index (χ3v) is 2.66. The van der Waals surface area contributed by atoms with Crippen molar-refractivity contribution in [3.63, 3.8) is 0 Å². The van der Waals surface area contributed by atoms with Crippen molar-refractivity contribution < 1.29 is 9.23 Å². The molecule has 0 aliphatic heterocycles. The first-order chi connectivity index (χ1) is 10.1. The first-order valence-corrected chi connectivity index (χ1v) is 6.18. The summed E-state index contributed by atoms with van der Waals surface area (Å²) in [4.78, 5) is 6.67. The lowest BCUT2D eigenvalue weighted by Gasteiger charge is -2.14. The van der Waals surface area contributed by atoms with E-state index in [0.717, 1.165) is 0 Å². The van der Waals surface area contributed by atoms with Crippen molar-refractivity contribution in [1.82, 2.24) is 4.90 Å². The number of nitriles is 2. The van der Waals surface area contributed by atoms with Gasteiger partial charge in [-0.3, -0.25) is 0 Å². The fourth-order valence-corrected chi connectivity index (χ4v) is 1.56. The van der Waals surface area contributed by atoms with E-state index in [9.17, 15) is 4.39 Å². The maximum atomic E-state index is 13.3. The van der Waals surface area contributed by atoms with Crippen LogP contribution in [0.15, 0.2) is 40.7 Å². The summed E-state index contributed by atoms with van der Waals surface area (Å²) in [5.74, 6) is -0.349. The Labute approximate surface area is 123 Å². The molecule has 0 aliphatic carbocycles. The van der Waals surface area contributed by atoms with E-state index in [1.807, 2.05) is 12.1 Å². The van der Waals surface area contributed by atoms with Gasteiger partial charge in [-0.1, -0.05) is 23.4 Å². The minimum absolute atomic E-state index is 0.0214. The first-order valence-electron chi connectivity index (χ1n) is 6.18. The van der Waals surface area contributed by atoms with Crippen molar-refractivity contribution in [2.45, 2.75) is 13.0 Å². The molecule has 0 heterocycles. The van der Waals surface area contributed by atoms with Gasteiger partial charge in [0.25, 0.3) is 0 Å². The molecule has 0 aromatic heterocycles. The molecule has 0 saturated carbocycles. The van der Waals surface area contributed by atoms with Crippen LogP contribution in [0.25, 0.3) is 0 Å². The SMILES string of the molecule is CN(C)C(CC=NOCc1ccccc1F)=C(C#N)C#N. The van der Waals surface area contributed by atoms with E-state index < -0.39 is 0 Å². The number of nitrogens with zero attached hydrogens (tertiary/aromatic N) is 4. The Hall–Kier alpha value is -2.86. The molecule has 0 fully saturated rings. The Morgan fingerprint density at radius 3 is 2.57 bits per heavy atom. The lowest BCUT2D eigenvalue weighted by molar-refractivity contribution is 0.129. The van der Waals surface area contributed by atoms with Crippen molar-refractivity contribution >= 4 is 6.21 Å². The van der Waals surface area contributed by atoms with Crippen LogP contribution in [-0.4, -0.2) is 25.2 Å². The van der Waals surface area contributed by atoms with Crippen molar-refractivity contribution in [1.29, 1.82) is 10.5 Å². The molecule has 0 saturated heterocycles. The number of allylic oxidation sites excluding steroid dienone is 2. The summed E-state index contributed by atoms with van der Waals surface area (Å²) in [6, 6.07) is 9.94. The van der Waals surface area contributed by atoms with Crippen LogP contribution in [0.2, 0.25) is 0 Å². The van der Waals surface area contributed by atoms with E-state index >= 15 is 0 Å². The van der Waals surface area contributed by atoms with Gasteiger partial charge in [-0.15, -0.1) is 0 Å². The number of rotatable bonds is 6. The summed E-state index contributed by atoms with van der Waals surface area (Å²) in [5.41, 5.74) is 0.978. The van der Waals surface area contributed by atoms with Gasteiger partial charge in [0.15, 0.2) is 0 Å². The second kappa shape index (κ2) is 8.34. The summed E-state index contributed by atoms with van der Waals surface area (Å²) < 4.78 is 13.3. The van der Waals surface area contributed by atoms with Gasteiger partial charge < -0.3 is 9.74 Å². The number of hydrogen-bond acceptors (Lipinski definition) is 5. The van der Waals surface area contributed by atoms with Gasteiger partial charge in [-0.2, -0.15) is 10.5 Å². The fourth-order valence-electron chi connectivity index (χ4n) is 1.56. The van der Waals surface area contributed by atoms with Crippen LogP contribution in [0, 0.1) is 28.5 Å². The van der Waals surface area contributed by atoms with Crippen molar-refractivity contribution in [2.24, 2.45) is 5.16 Å². The highest BCUT2D eigenvalue weighted by Gasteiger charge is 2.07. The second-order valence-electron chi connectivity index (χ2n) is 4.30. The smallest absolute Gasteiger partial charge is 0.149 e. The lowest BCUT2D eigenvalue weighted by Crippen LogP contribution is -2.13. The number of oxime groups is 1. The highest BCUT2D eigenvalue weighted by molar-refractivity contribution is 5.62. The van der Waals surface area contributed by atoms with Crippen LogP contribution in [0.5, 0.6) is 0 Å². The lowest BCUT2D eigenvalue weighted by atomic mass is 10.2. The van der Waals surface area contributed by atoms with Gasteiger partial charge >= 0.3 is 0 Å². The van der Waals surface area contributed by atoms with Crippen LogP contribution in [0.1, 0.15) is 12.0 Å². The van der Waals surface area contributed by atoms with Crippen molar-refractivity contribution in [2.75, 3.05) is 14.1 Å². The predicted molar refractivity (Wildman–Crippen MR) is 76.2 cm³/mol. The maximum absolute atomic E-state index is 13.3. The van der Waals surface area contributed by atoms with Gasteiger partial charge in [0, 0.05) is 38.0 Å². The molecule has 0 amide bonds. The monoisotopic (exact) mass is 286 g/mol. The predicted octanol–water partition coefficient (Wildman–Crippen LogP) is 2.58. The molecule has 1 rings (SSSR count). The zero-order chi connectivity index (χ0) is 15.7. The highest BCUT2D eigenvalue weighted by atomic mass is 19.1. The molecule has 0 spiro atoms. The quantitative estimate of drug-likeness (QED) is 0.458.